The Morgan fingerprint density at radius 3 is 2.68 bits per heavy atom. The summed E-state index contributed by atoms with van der Waals surface area (Å²) >= 11 is 0. The highest BCUT2D eigenvalue weighted by atomic mass is 16.6. The van der Waals surface area contributed by atoms with Crippen LogP contribution in [-0.4, -0.2) is 34.7 Å². The van der Waals surface area contributed by atoms with Crippen molar-refractivity contribution in [3.05, 3.63) is 35.9 Å². The Labute approximate surface area is 129 Å². The minimum atomic E-state index is -0.728. The Balaban J connectivity index is 1.61. The van der Waals surface area contributed by atoms with Crippen LogP contribution in [0.3, 0.4) is 0 Å². The zero-order valence-electron chi connectivity index (χ0n) is 12.5. The van der Waals surface area contributed by atoms with Crippen molar-refractivity contribution in [3.8, 4) is 0 Å². The summed E-state index contributed by atoms with van der Waals surface area (Å²) in [5.74, 6) is -0.963. The second-order valence-corrected chi connectivity index (χ2v) is 6.13. The number of hydrogen-bond donors (Lipinski definition) is 1. The van der Waals surface area contributed by atoms with Crippen LogP contribution in [0.25, 0.3) is 0 Å². The van der Waals surface area contributed by atoms with E-state index in [4.69, 9.17) is 4.74 Å². The van der Waals surface area contributed by atoms with Crippen LogP contribution in [-0.2, 0) is 16.1 Å². The second-order valence-electron chi connectivity index (χ2n) is 6.13. The van der Waals surface area contributed by atoms with Crippen molar-refractivity contribution >= 4 is 12.1 Å². The van der Waals surface area contributed by atoms with Crippen molar-refractivity contribution in [1.82, 2.24) is 4.90 Å². The average Bonchev–Trinajstić information content (AvgIpc) is 2.97. The van der Waals surface area contributed by atoms with E-state index in [9.17, 15) is 14.7 Å². The summed E-state index contributed by atoms with van der Waals surface area (Å²) in [6.45, 7) is 0.864. The molecule has 3 unspecified atom stereocenters. The van der Waals surface area contributed by atoms with E-state index in [1.165, 1.54) is 0 Å². The lowest BCUT2D eigenvalue weighted by Crippen LogP contribution is -2.43. The van der Waals surface area contributed by atoms with Crippen LogP contribution in [0.2, 0.25) is 0 Å². The van der Waals surface area contributed by atoms with Gasteiger partial charge in [-0.15, -0.1) is 0 Å². The molecule has 2 aliphatic rings. The van der Waals surface area contributed by atoms with Crippen molar-refractivity contribution in [3.63, 3.8) is 0 Å². The van der Waals surface area contributed by atoms with Gasteiger partial charge in [0.05, 0.1) is 5.92 Å². The summed E-state index contributed by atoms with van der Waals surface area (Å²) in [7, 11) is 0. The van der Waals surface area contributed by atoms with E-state index < -0.39 is 5.97 Å². The SMILES string of the molecule is O=C(O)C1CCCC2C1CCN2C(=O)OCc1ccccc1. The largest absolute Gasteiger partial charge is 0.481 e. The summed E-state index contributed by atoms with van der Waals surface area (Å²) in [6, 6.07) is 9.60. The van der Waals surface area contributed by atoms with Gasteiger partial charge in [-0.05, 0) is 30.7 Å². The van der Waals surface area contributed by atoms with Gasteiger partial charge in [-0.25, -0.2) is 4.79 Å². The van der Waals surface area contributed by atoms with Crippen LogP contribution in [0.5, 0.6) is 0 Å². The molecule has 1 aliphatic heterocycles. The number of benzene rings is 1. The Morgan fingerprint density at radius 1 is 1.18 bits per heavy atom. The number of hydrogen-bond acceptors (Lipinski definition) is 3. The number of amides is 1. The van der Waals surface area contributed by atoms with E-state index in [1.54, 1.807) is 4.90 Å². The monoisotopic (exact) mass is 303 g/mol. The van der Waals surface area contributed by atoms with Crippen LogP contribution < -0.4 is 0 Å². The first kappa shape index (κ1) is 14.9. The van der Waals surface area contributed by atoms with E-state index in [1.807, 2.05) is 30.3 Å². The fourth-order valence-corrected chi connectivity index (χ4v) is 3.81. The number of nitrogens with zero attached hydrogens (tertiary/aromatic N) is 1. The van der Waals surface area contributed by atoms with Gasteiger partial charge in [-0.1, -0.05) is 36.8 Å². The van der Waals surface area contributed by atoms with E-state index in [0.29, 0.717) is 6.54 Å². The van der Waals surface area contributed by atoms with E-state index in [0.717, 1.165) is 31.2 Å². The molecule has 5 nitrogen and oxygen atoms in total. The predicted octanol–water partition coefficient (Wildman–Crippen LogP) is 2.90. The third-order valence-corrected chi connectivity index (χ3v) is 4.89. The van der Waals surface area contributed by atoms with Gasteiger partial charge in [0.1, 0.15) is 6.61 Å². The van der Waals surface area contributed by atoms with Gasteiger partial charge >= 0.3 is 12.1 Å². The third kappa shape index (κ3) is 2.93. The standard InChI is InChI=1S/C17H21NO4/c19-16(20)14-7-4-8-15-13(14)9-10-18(15)17(21)22-11-12-5-2-1-3-6-12/h1-3,5-6,13-15H,4,7-11H2,(H,19,20). The first-order chi connectivity index (χ1) is 10.7. The van der Waals surface area contributed by atoms with Gasteiger partial charge in [0.25, 0.3) is 0 Å². The molecule has 1 aromatic carbocycles. The van der Waals surface area contributed by atoms with Gasteiger partial charge in [0.2, 0.25) is 0 Å². The molecule has 118 valence electrons. The first-order valence-corrected chi connectivity index (χ1v) is 7.87. The molecule has 1 aliphatic carbocycles. The molecule has 1 heterocycles. The summed E-state index contributed by atoms with van der Waals surface area (Å²) in [6.07, 6.45) is 2.92. The normalized spacial score (nSPS) is 27.3. The Kier molecular flexibility index (Phi) is 4.32. The molecule has 5 heteroatoms. The first-order valence-electron chi connectivity index (χ1n) is 7.87. The number of carbonyl (C=O) groups is 2. The maximum atomic E-state index is 12.3. The van der Waals surface area contributed by atoms with Crippen LogP contribution in [0, 0.1) is 11.8 Å². The van der Waals surface area contributed by atoms with E-state index in [-0.39, 0.29) is 30.6 Å². The fourth-order valence-electron chi connectivity index (χ4n) is 3.81. The number of ether oxygens (including phenoxy) is 1. The lowest BCUT2D eigenvalue weighted by atomic mass is 9.76. The van der Waals surface area contributed by atoms with Crippen LogP contribution >= 0.6 is 0 Å². The number of carboxylic acid groups (broad SMARTS) is 1. The van der Waals surface area contributed by atoms with Crippen LogP contribution in [0.4, 0.5) is 4.79 Å². The van der Waals surface area contributed by atoms with Crippen LogP contribution in [0.15, 0.2) is 30.3 Å². The molecule has 0 bridgehead atoms. The third-order valence-electron chi connectivity index (χ3n) is 4.89. The summed E-state index contributed by atoms with van der Waals surface area (Å²) < 4.78 is 5.40. The van der Waals surface area contributed by atoms with Crippen molar-refractivity contribution in [2.24, 2.45) is 11.8 Å². The number of carbonyl (C=O) groups excluding carboxylic acids is 1. The number of likely N-dealkylation sites (tertiary alicyclic amines) is 1. The van der Waals surface area contributed by atoms with Gasteiger partial charge in [-0.3, -0.25) is 4.79 Å². The smallest absolute Gasteiger partial charge is 0.410 e. The Hall–Kier alpha value is -2.04. The zero-order valence-corrected chi connectivity index (χ0v) is 12.5. The summed E-state index contributed by atoms with van der Waals surface area (Å²) in [5, 5.41) is 9.33. The molecule has 1 saturated carbocycles. The topological polar surface area (TPSA) is 66.8 Å². The average molecular weight is 303 g/mol. The van der Waals surface area contributed by atoms with Crippen molar-refractivity contribution in [1.29, 1.82) is 0 Å². The van der Waals surface area contributed by atoms with Gasteiger partial charge < -0.3 is 14.7 Å². The highest BCUT2D eigenvalue weighted by molar-refractivity contribution is 5.72. The molecule has 3 rings (SSSR count). The number of aliphatic carboxylic acids is 1. The Bertz CT molecular complexity index is 545. The molecular formula is C17H21NO4. The van der Waals surface area contributed by atoms with E-state index in [2.05, 4.69) is 0 Å². The number of carboxylic acids is 1. The van der Waals surface area contributed by atoms with Crippen LogP contribution in [0.1, 0.15) is 31.2 Å². The highest BCUT2D eigenvalue weighted by Crippen LogP contribution is 2.40. The molecule has 0 aromatic heterocycles. The molecule has 0 radical (unpaired) electrons. The maximum Gasteiger partial charge on any atom is 0.410 e. The van der Waals surface area contributed by atoms with Crippen molar-refractivity contribution in [2.75, 3.05) is 6.54 Å². The number of rotatable bonds is 3. The van der Waals surface area contributed by atoms with E-state index >= 15 is 0 Å². The fraction of sp³-hybridized carbons (Fsp3) is 0.529. The van der Waals surface area contributed by atoms with Crippen molar-refractivity contribution < 1.29 is 19.4 Å². The molecule has 1 aromatic rings. The predicted molar refractivity (Wildman–Crippen MR) is 80.2 cm³/mol. The van der Waals surface area contributed by atoms with Gasteiger partial charge in [0.15, 0.2) is 0 Å². The quantitative estimate of drug-likeness (QED) is 0.932. The lowest BCUT2D eigenvalue weighted by molar-refractivity contribution is -0.145. The molecule has 1 saturated heterocycles. The molecule has 1 amide bonds. The highest BCUT2D eigenvalue weighted by Gasteiger charge is 2.46. The molecule has 0 spiro atoms. The molecule has 22 heavy (non-hydrogen) atoms. The molecule has 2 fully saturated rings. The maximum absolute atomic E-state index is 12.3. The minimum Gasteiger partial charge on any atom is -0.481 e. The lowest BCUT2D eigenvalue weighted by Gasteiger charge is -2.34. The Morgan fingerprint density at radius 2 is 1.95 bits per heavy atom. The minimum absolute atomic E-state index is 0.0260. The number of fused-ring (bicyclic) bond motifs is 1. The molecule has 3 atom stereocenters. The van der Waals surface area contributed by atoms with Gasteiger partial charge in [0, 0.05) is 12.6 Å². The zero-order chi connectivity index (χ0) is 15.5. The second kappa shape index (κ2) is 6.38. The summed E-state index contributed by atoms with van der Waals surface area (Å²) in [5.41, 5.74) is 0.957. The van der Waals surface area contributed by atoms with Gasteiger partial charge in [-0.2, -0.15) is 0 Å². The van der Waals surface area contributed by atoms with Crippen molar-refractivity contribution in [2.45, 2.75) is 38.3 Å². The summed E-state index contributed by atoms with van der Waals surface area (Å²) in [4.78, 5) is 25.4. The molecular weight excluding hydrogens is 282 g/mol. The molecule has 1 N–H and O–H groups in total.